The number of hydrogen-bond donors (Lipinski definition) is 1. The van der Waals surface area contributed by atoms with Crippen molar-refractivity contribution in [2.45, 2.75) is 26.1 Å². The molecular formula is C20H19ClN4O3. The third-order valence-electron chi connectivity index (χ3n) is 4.60. The zero-order valence-corrected chi connectivity index (χ0v) is 16.2. The van der Waals surface area contributed by atoms with Crippen molar-refractivity contribution in [3.8, 4) is 11.4 Å². The fourth-order valence-corrected chi connectivity index (χ4v) is 3.40. The Kier molecular flexibility index (Phi) is 5.02. The van der Waals surface area contributed by atoms with Crippen LogP contribution in [0.3, 0.4) is 0 Å². The van der Waals surface area contributed by atoms with Gasteiger partial charge in [-0.25, -0.2) is 4.68 Å². The number of ether oxygens (including phenoxy) is 2. The normalized spacial score (nSPS) is 15.8. The number of nitrogens with one attached hydrogen (secondary N) is 1. The molecule has 8 heteroatoms. The summed E-state index contributed by atoms with van der Waals surface area (Å²) >= 11 is 6.15. The largest absolute Gasteiger partial charge is 0.495 e. The van der Waals surface area contributed by atoms with Crippen LogP contribution in [0.15, 0.2) is 42.7 Å². The molecule has 1 atom stereocenters. The molecule has 0 spiro atoms. The second-order valence-corrected chi connectivity index (χ2v) is 6.93. The lowest BCUT2D eigenvalue weighted by molar-refractivity contribution is 0.0393. The highest BCUT2D eigenvalue weighted by molar-refractivity contribution is 6.32. The first-order valence-corrected chi connectivity index (χ1v) is 9.22. The van der Waals surface area contributed by atoms with Crippen molar-refractivity contribution < 1.29 is 14.3 Å². The van der Waals surface area contributed by atoms with Crippen LogP contribution in [0.25, 0.3) is 5.69 Å². The number of benzene rings is 1. The number of carbonyl (C=O) groups excluding carboxylic acids is 1. The van der Waals surface area contributed by atoms with Crippen LogP contribution < -0.4 is 10.1 Å². The Balaban J connectivity index is 1.77. The molecule has 0 aliphatic carbocycles. The van der Waals surface area contributed by atoms with Gasteiger partial charge in [-0.3, -0.25) is 9.78 Å². The fraction of sp³-hybridized carbons (Fsp3) is 0.250. The lowest BCUT2D eigenvalue weighted by Gasteiger charge is -2.21. The van der Waals surface area contributed by atoms with Crippen LogP contribution in [0.1, 0.15) is 28.7 Å². The van der Waals surface area contributed by atoms with E-state index in [-0.39, 0.29) is 12.0 Å². The fourth-order valence-electron chi connectivity index (χ4n) is 3.21. The minimum absolute atomic E-state index is 0.0337. The number of pyridine rings is 1. The van der Waals surface area contributed by atoms with E-state index < -0.39 is 0 Å². The van der Waals surface area contributed by atoms with Crippen molar-refractivity contribution in [2.24, 2.45) is 0 Å². The van der Waals surface area contributed by atoms with Gasteiger partial charge in [0.1, 0.15) is 5.75 Å². The van der Waals surface area contributed by atoms with E-state index in [0.717, 1.165) is 16.9 Å². The highest BCUT2D eigenvalue weighted by Crippen LogP contribution is 2.31. The zero-order chi connectivity index (χ0) is 19.7. The van der Waals surface area contributed by atoms with Crippen LogP contribution in [0.5, 0.6) is 5.75 Å². The molecule has 3 aromatic rings. The van der Waals surface area contributed by atoms with Gasteiger partial charge in [-0.15, -0.1) is 0 Å². The molecule has 1 aliphatic rings. The SMILES string of the molecule is COc1cc(-n2nc(C(=O)Nc3cccnc3)c3c2CC(C)OC3)ccc1Cl. The number of carbonyl (C=O) groups is 1. The van der Waals surface area contributed by atoms with E-state index in [9.17, 15) is 4.79 Å². The summed E-state index contributed by atoms with van der Waals surface area (Å²) in [6.45, 7) is 2.33. The molecule has 0 bridgehead atoms. The van der Waals surface area contributed by atoms with Crippen molar-refractivity contribution in [3.63, 3.8) is 0 Å². The average molecular weight is 399 g/mol. The summed E-state index contributed by atoms with van der Waals surface area (Å²) in [6, 6.07) is 8.94. The molecule has 144 valence electrons. The van der Waals surface area contributed by atoms with Crippen LogP contribution in [0, 0.1) is 0 Å². The smallest absolute Gasteiger partial charge is 0.276 e. The van der Waals surface area contributed by atoms with E-state index in [1.54, 1.807) is 48.5 Å². The van der Waals surface area contributed by atoms with Gasteiger partial charge in [-0.1, -0.05) is 11.6 Å². The van der Waals surface area contributed by atoms with Crippen molar-refractivity contribution in [1.82, 2.24) is 14.8 Å². The molecule has 7 nitrogen and oxygen atoms in total. The van der Waals surface area contributed by atoms with Gasteiger partial charge in [0.25, 0.3) is 5.91 Å². The van der Waals surface area contributed by atoms with Crippen molar-refractivity contribution in [1.29, 1.82) is 0 Å². The van der Waals surface area contributed by atoms with E-state index in [4.69, 9.17) is 21.1 Å². The lowest BCUT2D eigenvalue weighted by atomic mass is 10.0. The Hall–Kier alpha value is -2.90. The third-order valence-corrected chi connectivity index (χ3v) is 4.91. The van der Waals surface area contributed by atoms with Gasteiger partial charge in [0.15, 0.2) is 5.69 Å². The monoisotopic (exact) mass is 398 g/mol. The number of fused-ring (bicyclic) bond motifs is 1. The molecule has 1 aliphatic heterocycles. The van der Waals surface area contributed by atoms with Gasteiger partial charge in [-0.2, -0.15) is 5.10 Å². The van der Waals surface area contributed by atoms with Gasteiger partial charge in [0, 0.05) is 24.2 Å². The molecule has 1 unspecified atom stereocenters. The maximum absolute atomic E-state index is 12.9. The topological polar surface area (TPSA) is 78.3 Å². The number of halogens is 1. The Morgan fingerprint density at radius 1 is 1.39 bits per heavy atom. The number of hydrogen-bond acceptors (Lipinski definition) is 5. The van der Waals surface area contributed by atoms with E-state index in [2.05, 4.69) is 15.4 Å². The van der Waals surface area contributed by atoms with Crippen molar-refractivity contribution in [3.05, 3.63) is 64.7 Å². The molecule has 0 saturated heterocycles. The van der Waals surface area contributed by atoms with Gasteiger partial charge in [-0.05, 0) is 31.2 Å². The molecule has 28 heavy (non-hydrogen) atoms. The zero-order valence-electron chi connectivity index (χ0n) is 15.5. The predicted octanol–water partition coefficient (Wildman–Crippen LogP) is 3.64. The van der Waals surface area contributed by atoms with E-state index >= 15 is 0 Å². The van der Waals surface area contributed by atoms with Crippen LogP contribution in [0.2, 0.25) is 5.02 Å². The predicted molar refractivity (Wildman–Crippen MR) is 105 cm³/mol. The Morgan fingerprint density at radius 3 is 3.00 bits per heavy atom. The molecule has 3 heterocycles. The highest BCUT2D eigenvalue weighted by Gasteiger charge is 2.29. The Morgan fingerprint density at radius 2 is 2.25 bits per heavy atom. The number of amides is 1. The number of rotatable bonds is 4. The number of aromatic nitrogens is 3. The summed E-state index contributed by atoms with van der Waals surface area (Å²) in [7, 11) is 1.56. The molecule has 1 aromatic carbocycles. The Bertz CT molecular complexity index is 1020. The highest BCUT2D eigenvalue weighted by atomic mass is 35.5. The number of methoxy groups -OCH3 is 1. The first kappa shape index (κ1) is 18.5. The van der Waals surface area contributed by atoms with Gasteiger partial charge in [0.05, 0.1) is 48.1 Å². The molecule has 4 rings (SSSR count). The second kappa shape index (κ2) is 7.61. The second-order valence-electron chi connectivity index (χ2n) is 6.53. The van der Waals surface area contributed by atoms with Crippen LogP contribution in [-0.2, 0) is 17.8 Å². The summed E-state index contributed by atoms with van der Waals surface area (Å²) in [5.41, 5.74) is 3.44. The summed E-state index contributed by atoms with van der Waals surface area (Å²) in [4.78, 5) is 16.9. The summed E-state index contributed by atoms with van der Waals surface area (Å²) < 4.78 is 12.9. The van der Waals surface area contributed by atoms with E-state index in [0.29, 0.717) is 35.2 Å². The summed E-state index contributed by atoms with van der Waals surface area (Å²) in [5.74, 6) is 0.243. The molecule has 0 radical (unpaired) electrons. The molecule has 0 fully saturated rings. The minimum Gasteiger partial charge on any atom is -0.495 e. The number of anilines is 1. The summed E-state index contributed by atoms with van der Waals surface area (Å²) in [6.07, 6.45) is 3.92. The van der Waals surface area contributed by atoms with Crippen molar-refractivity contribution in [2.75, 3.05) is 12.4 Å². The first-order valence-electron chi connectivity index (χ1n) is 8.84. The lowest BCUT2D eigenvalue weighted by Crippen LogP contribution is -2.22. The third kappa shape index (κ3) is 3.46. The molecule has 1 amide bonds. The minimum atomic E-state index is -0.304. The van der Waals surface area contributed by atoms with E-state index in [1.807, 2.05) is 13.0 Å². The molecule has 1 N–H and O–H groups in total. The maximum Gasteiger partial charge on any atom is 0.276 e. The Labute approximate surface area is 167 Å². The van der Waals surface area contributed by atoms with Crippen LogP contribution in [-0.4, -0.2) is 33.9 Å². The molecule has 2 aromatic heterocycles. The molecular weight excluding hydrogens is 380 g/mol. The van der Waals surface area contributed by atoms with Crippen LogP contribution in [0.4, 0.5) is 5.69 Å². The summed E-state index contributed by atoms with van der Waals surface area (Å²) in [5, 5.41) is 7.95. The maximum atomic E-state index is 12.9. The van der Waals surface area contributed by atoms with E-state index in [1.165, 1.54) is 0 Å². The standard InChI is InChI=1S/C20H19ClN4O3/c1-12-8-17-15(11-28-12)19(20(26)23-13-4-3-7-22-10-13)24-25(17)14-5-6-16(21)18(9-14)27-2/h3-7,9-10,12H,8,11H2,1-2H3,(H,23,26). The van der Waals surface area contributed by atoms with Gasteiger partial charge < -0.3 is 14.8 Å². The number of nitrogens with zero attached hydrogens (tertiary/aromatic N) is 3. The first-order chi connectivity index (χ1) is 13.6. The quantitative estimate of drug-likeness (QED) is 0.725. The van der Waals surface area contributed by atoms with Gasteiger partial charge in [0.2, 0.25) is 0 Å². The average Bonchev–Trinajstić information content (AvgIpc) is 3.08. The molecule has 0 saturated carbocycles. The van der Waals surface area contributed by atoms with Crippen LogP contribution >= 0.6 is 11.6 Å². The van der Waals surface area contributed by atoms with Gasteiger partial charge >= 0.3 is 0 Å². The van der Waals surface area contributed by atoms with Crippen molar-refractivity contribution >= 4 is 23.2 Å².